The van der Waals surface area contributed by atoms with Crippen LogP contribution in [0.15, 0.2) is 65.6 Å². The van der Waals surface area contributed by atoms with Crippen LogP contribution in [0.4, 0.5) is 24.5 Å². The van der Waals surface area contributed by atoms with Gasteiger partial charge in [0.15, 0.2) is 9.84 Å². The molecule has 10 heteroatoms. The molecule has 1 aliphatic heterocycles. The number of nitrogens with one attached hydrogen (secondary N) is 1. The topological polar surface area (TPSA) is 75.7 Å². The van der Waals surface area contributed by atoms with Gasteiger partial charge in [0.25, 0.3) is 0 Å². The first kappa shape index (κ1) is 23.1. The van der Waals surface area contributed by atoms with Crippen molar-refractivity contribution in [3.63, 3.8) is 0 Å². The summed E-state index contributed by atoms with van der Waals surface area (Å²) in [6.07, 6.45) is -4.55. The van der Waals surface area contributed by atoms with Crippen LogP contribution in [0.3, 0.4) is 0 Å². The van der Waals surface area contributed by atoms with Gasteiger partial charge in [-0.05, 0) is 41.1 Å². The molecule has 0 radical (unpaired) electrons. The lowest BCUT2D eigenvalue weighted by atomic mass is 10.1. The second kappa shape index (κ2) is 9.03. The molecule has 0 bridgehead atoms. The Morgan fingerprint density at radius 1 is 0.970 bits per heavy atom. The highest BCUT2D eigenvalue weighted by atomic mass is 32.2. The number of rotatable bonds is 5. The molecule has 0 spiro atoms. The second-order valence-electron chi connectivity index (χ2n) is 7.65. The average molecular weight is 478 g/mol. The number of halogens is 3. The Kier molecular flexibility index (Phi) is 6.31. The first-order valence-electron chi connectivity index (χ1n) is 10.2. The molecule has 0 saturated carbocycles. The molecule has 3 aromatic carbocycles. The van der Waals surface area contributed by atoms with E-state index in [4.69, 9.17) is 4.74 Å². The van der Waals surface area contributed by atoms with Crippen LogP contribution in [0.2, 0.25) is 0 Å². The van der Waals surface area contributed by atoms with E-state index < -0.39 is 33.2 Å². The van der Waals surface area contributed by atoms with E-state index in [1.807, 2.05) is 12.1 Å². The fourth-order valence-electron chi connectivity index (χ4n) is 3.68. The van der Waals surface area contributed by atoms with Crippen molar-refractivity contribution < 1.29 is 31.1 Å². The lowest BCUT2D eigenvalue weighted by Gasteiger charge is -2.31. The van der Waals surface area contributed by atoms with Crippen LogP contribution in [0.5, 0.6) is 0 Å². The Bertz CT molecular complexity index is 1290. The summed E-state index contributed by atoms with van der Waals surface area (Å²) in [5, 5.41) is 4.06. The maximum absolute atomic E-state index is 13.2. The maximum atomic E-state index is 13.2. The lowest BCUT2D eigenvalue weighted by Crippen LogP contribution is -2.37. The standard InChI is InChI=1S/C23H21F3N2O4S/c24-23(25,26)18-6-8-20(21(14-18)28-9-11-32-12-10-28)27-22(29)15-33(30,31)19-7-5-16-3-1-2-4-17(16)13-19/h1-8,13-14H,9-12,15H2,(H,27,29). The summed E-state index contributed by atoms with van der Waals surface area (Å²) >= 11 is 0. The van der Waals surface area contributed by atoms with Crippen LogP contribution >= 0.6 is 0 Å². The summed E-state index contributed by atoms with van der Waals surface area (Å²) in [5.41, 5.74) is -0.570. The van der Waals surface area contributed by atoms with Gasteiger partial charge < -0.3 is 15.0 Å². The Morgan fingerprint density at radius 3 is 2.36 bits per heavy atom. The molecule has 0 unspecified atom stereocenters. The number of anilines is 2. The van der Waals surface area contributed by atoms with E-state index in [0.717, 1.165) is 29.0 Å². The number of morpholine rings is 1. The van der Waals surface area contributed by atoms with Crippen molar-refractivity contribution in [2.75, 3.05) is 42.3 Å². The van der Waals surface area contributed by atoms with Gasteiger partial charge in [0.05, 0.1) is 35.0 Å². The molecule has 3 aromatic rings. The summed E-state index contributed by atoms with van der Waals surface area (Å²) in [7, 11) is -3.97. The molecule has 1 N–H and O–H groups in total. The van der Waals surface area contributed by atoms with Gasteiger partial charge in [0, 0.05) is 13.1 Å². The van der Waals surface area contributed by atoms with E-state index in [0.29, 0.717) is 26.3 Å². The van der Waals surface area contributed by atoms with Crippen LogP contribution in [0, 0.1) is 0 Å². The molecule has 0 aliphatic carbocycles. The predicted molar refractivity (Wildman–Crippen MR) is 119 cm³/mol. The smallest absolute Gasteiger partial charge is 0.378 e. The monoisotopic (exact) mass is 478 g/mol. The van der Waals surface area contributed by atoms with Gasteiger partial charge in [0.2, 0.25) is 5.91 Å². The molecule has 174 valence electrons. The molecule has 33 heavy (non-hydrogen) atoms. The number of alkyl halides is 3. The molecule has 0 atom stereocenters. The molecular formula is C23H21F3N2O4S. The minimum Gasteiger partial charge on any atom is -0.378 e. The molecule has 1 saturated heterocycles. The minimum absolute atomic E-state index is 0.00262. The third-order valence-corrected chi connectivity index (χ3v) is 6.97. The fourth-order valence-corrected chi connectivity index (χ4v) is 4.85. The number of hydrogen-bond acceptors (Lipinski definition) is 5. The Morgan fingerprint density at radius 2 is 1.67 bits per heavy atom. The van der Waals surface area contributed by atoms with Crippen molar-refractivity contribution in [1.82, 2.24) is 0 Å². The molecule has 1 fully saturated rings. The van der Waals surface area contributed by atoms with Crippen LogP contribution in [0.1, 0.15) is 5.56 Å². The number of benzene rings is 3. The van der Waals surface area contributed by atoms with Gasteiger partial charge in [-0.3, -0.25) is 4.79 Å². The zero-order chi connectivity index (χ0) is 23.6. The van der Waals surface area contributed by atoms with Crippen molar-refractivity contribution in [2.24, 2.45) is 0 Å². The van der Waals surface area contributed by atoms with E-state index in [9.17, 15) is 26.4 Å². The Hall–Kier alpha value is -3.11. The summed E-state index contributed by atoms with van der Waals surface area (Å²) in [4.78, 5) is 14.3. The molecule has 1 heterocycles. The highest BCUT2D eigenvalue weighted by Gasteiger charge is 2.32. The number of carbonyl (C=O) groups is 1. The van der Waals surface area contributed by atoms with Crippen molar-refractivity contribution in [2.45, 2.75) is 11.1 Å². The van der Waals surface area contributed by atoms with Crippen molar-refractivity contribution in [3.8, 4) is 0 Å². The van der Waals surface area contributed by atoms with Crippen molar-refractivity contribution in [1.29, 1.82) is 0 Å². The van der Waals surface area contributed by atoms with Crippen molar-refractivity contribution in [3.05, 3.63) is 66.2 Å². The quantitative estimate of drug-likeness (QED) is 0.598. The molecule has 6 nitrogen and oxygen atoms in total. The van der Waals surface area contributed by atoms with Gasteiger partial charge in [-0.2, -0.15) is 13.2 Å². The highest BCUT2D eigenvalue weighted by molar-refractivity contribution is 7.92. The first-order valence-corrected chi connectivity index (χ1v) is 11.8. The van der Waals surface area contributed by atoms with Crippen LogP contribution < -0.4 is 10.2 Å². The van der Waals surface area contributed by atoms with Crippen molar-refractivity contribution >= 4 is 37.9 Å². The van der Waals surface area contributed by atoms with E-state index in [1.165, 1.54) is 12.1 Å². The first-order chi connectivity index (χ1) is 15.6. The largest absolute Gasteiger partial charge is 0.416 e. The SMILES string of the molecule is O=C(CS(=O)(=O)c1ccc2ccccc2c1)Nc1ccc(C(F)(F)F)cc1N1CCOCC1. The van der Waals surface area contributed by atoms with Gasteiger partial charge in [-0.25, -0.2) is 8.42 Å². The van der Waals surface area contributed by atoms with E-state index >= 15 is 0 Å². The van der Waals surface area contributed by atoms with Gasteiger partial charge in [-0.15, -0.1) is 0 Å². The summed E-state index contributed by atoms with van der Waals surface area (Å²) in [6.45, 7) is 1.36. The fraction of sp³-hybridized carbons (Fsp3) is 0.261. The number of fused-ring (bicyclic) bond motifs is 1. The van der Waals surface area contributed by atoms with Gasteiger partial charge >= 0.3 is 6.18 Å². The number of carbonyl (C=O) groups excluding carboxylic acids is 1. The molecule has 1 aliphatic rings. The number of hydrogen-bond donors (Lipinski definition) is 1. The summed E-state index contributed by atoms with van der Waals surface area (Å²) < 4.78 is 70.6. The Labute approximate surface area is 188 Å². The Balaban J connectivity index is 1.58. The van der Waals surface area contributed by atoms with Crippen LogP contribution in [-0.4, -0.2) is 46.4 Å². The normalized spacial score (nSPS) is 14.9. The maximum Gasteiger partial charge on any atom is 0.416 e. The average Bonchev–Trinajstić information content (AvgIpc) is 2.78. The molecule has 1 amide bonds. The van der Waals surface area contributed by atoms with E-state index in [-0.39, 0.29) is 16.3 Å². The molecule has 4 rings (SSSR count). The number of ether oxygens (including phenoxy) is 1. The molecular weight excluding hydrogens is 457 g/mol. The van der Waals surface area contributed by atoms with Gasteiger partial charge in [0.1, 0.15) is 5.75 Å². The number of nitrogens with zero attached hydrogens (tertiary/aromatic N) is 1. The number of amides is 1. The summed E-state index contributed by atoms with van der Waals surface area (Å²) in [5.74, 6) is -1.67. The predicted octanol–water partition coefficient (Wildman–Crippen LogP) is 4.11. The van der Waals surface area contributed by atoms with Crippen LogP contribution in [-0.2, 0) is 25.5 Å². The molecule has 0 aromatic heterocycles. The zero-order valence-corrected chi connectivity index (χ0v) is 18.2. The highest BCUT2D eigenvalue weighted by Crippen LogP contribution is 2.36. The zero-order valence-electron chi connectivity index (χ0n) is 17.4. The van der Waals surface area contributed by atoms with Gasteiger partial charge in [-0.1, -0.05) is 30.3 Å². The minimum atomic E-state index is -4.55. The second-order valence-corrected chi connectivity index (χ2v) is 9.63. The summed E-state index contributed by atoms with van der Waals surface area (Å²) in [6, 6.07) is 14.8. The third kappa shape index (κ3) is 5.28. The number of sulfone groups is 1. The van der Waals surface area contributed by atoms with E-state index in [1.54, 1.807) is 23.1 Å². The van der Waals surface area contributed by atoms with Crippen LogP contribution in [0.25, 0.3) is 10.8 Å². The third-order valence-electron chi connectivity index (χ3n) is 5.35. The lowest BCUT2D eigenvalue weighted by molar-refractivity contribution is -0.137. The van der Waals surface area contributed by atoms with E-state index in [2.05, 4.69) is 5.32 Å².